The summed E-state index contributed by atoms with van der Waals surface area (Å²) >= 11 is 13.3. The summed E-state index contributed by atoms with van der Waals surface area (Å²) in [5.41, 5.74) is 12.7. The van der Waals surface area contributed by atoms with E-state index in [9.17, 15) is 0 Å². The summed E-state index contributed by atoms with van der Waals surface area (Å²) in [6.45, 7) is 4.25. The van der Waals surface area contributed by atoms with Gasteiger partial charge in [0, 0.05) is 19.8 Å². The molecule has 0 saturated carbocycles. The second-order valence-corrected chi connectivity index (χ2v) is 6.16. The fraction of sp³-hybridized carbons (Fsp3) is 0.200. The number of benzene rings is 2. The van der Waals surface area contributed by atoms with Gasteiger partial charge in [0.25, 0.3) is 0 Å². The minimum absolute atomic E-state index is 0.494. The van der Waals surface area contributed by atoms with Crippen LogP contribution in [0, 0.1) is 0 Å². The second-order valence-electron chi connectivity index (χ2n) is 4.17. The molecule has 0 atom stereocenters. The van der Waals surface area contributed by atoms with Crippen molar-refractivity contribution in [3.05, 3.63) is 46.4 Å². The zero-order valence-electron chi connectivity index (χ0n) is 11.5. The van der Waals surface area contributed by atoms with Gasteiger partial charge >= 0.3 is 0 Å². The molecule has 4 N–H and O–H groups in total. The Labute approximate surface area is 134 Å². The number of anilines is 2. The minimum atomic E-state index is 0.494. The molecule has 0 aliphatic rings. The van der Waals surface area contributed by atoms with Crippen LogP contribution in [0.25, 0.3) is 0 Å². The molecule has 0 saturated heterocycles. The summed E-state index contributed by atoms with van der Waals surface area (Å²) in [6.07, 6.45) is 1.25. The molecule has 0 unspecified atom stereocenters. The van der Waals surface area contributed by atoms with Gasteiger partial charge in [-0.25, -0.2) is 0 Å². The van der Waals surface area contributed by atoms with Crippen molar-refractivity contribution in [2.45, 2.75) is 30.1 Å². The van der Waals surface area contributed by atoms with Gasteiger partial charge in [-0.2, -0.15) is 0 Å². The minimum Gasteiger partial charge on any atom is -0.397 e. The van der Waals surface area contributed by atoms with Gasteiger partial charge in [-0.3, -0.25) is 0 Å². The Bertz CT molecular complexity index is 557. The zero-order valence-corrected chi connectivity index (χ0v) is 13.8. The summed E-state index contributed by atoms with van der Waals surface area (Å²) in [7, 11) is 0. The Morgan fingerprint density at radius 1 is 0.950 bits per heavy atom. The van der Waals surface area contributed by atoms with Crippen LogP contribution < -0.4 is 11.5 Å². The molecule has 0 amide bonds. The highest BCUT2D eigenvalue weighted by molar-refractivity contribution is 7.99. The molecular formula is C15H18Cl2N2S. The Morgan fingerprint density at radius 3 is 2.05 bits per heavy atom. The van der Waals surface area contributed by atoms with Crippen molar-refractivity contribution in [3.63, 3.8) is 0 Å². The lowest BCUT2D eigenvalue weighted by molar-refractivity contribution is 1.09. The van der Waals surface area contributed by atoms with Gasteiger partial charge in [0.05, 0.1) is 11.4 Å². The Balaban J connectivity index is 0.000000612. The van der Waals surface area contributed by atoms with Crippen LogP contribution in [0.1, 0.15) is 20.3 Å². The van der Waals surface area contributed by atoms with Crippen molar-refractivity contribution < 1.29 is 0 Å². The first-order valence-corrected chi connectivity index (χ1v) is 7.83. The largest absolute Gasteiger partial charge is 0.397 e. The molecule has 2 aromatic carbocycles. The molecule has 0 fully saturated rings. The normalized spacial score (nSPS) is 9.80. The van der Waals surface area contributed by atoms with Gasteiger partial charge in [0.15, 0.2) is 0 Å². The lowest BCUT2D eigenvalue weighted by atomic mass is 10.3. The van der Waals surface area contributed by atoms with E-state index in [1.807, 2.05) is 24.3 Å². The van der Waals surface area contributed by atoms with Crippen LogP contribution in [0.4, 0.5) is 11.4 Å². The molecule has 20 heavy (non-hydrogen) atoms. The molecule has 0 bridgehead atoms. The van der Waals surface area contributed by atoms with Gasteiger partial charge < -0.3 is 11.5 Å². The summed E-state index contributed by atoms with van der Waals surface area (Å²) in [5.74, 6) is 0. The molecule has 0 heterocycles. The average molecular weight is 329 g/mol. The summed E-state index contributed by atoms with van der Waals surface area (Å²) in [6, 6.07) is 10.9. The van der Waals surface area contributed by atoms with E-state index in [-0.39, 0.29) is 0 Å². The summed E-state index contributed by atoms with van der Waals surface area (Å²) in [4.78, 5) is 1.88. The molecule has 0 spiro atoms. The third kappa shape index (κ3) is 5.16. The molecule has 108 valence electrons. The highest BCUT2D eigenvalue weighted by atomic mass is 35.5. The van der Waals surface area contributed by atoms with Gasteiger partial charge in [0.2, 0.25) is 0 Å². The Kier molecular flexibility index (Phi) is 7.06. The Morgan fingerprint density at radius 2 is 1.50 bits per heavy atom. The van der Waals surface area contributed by atoms with Crippen LogP contribution in [-0.2, 0) is 0 Å². The quantitative estimate of drug-likeness (QED) is 0.692. The van der Waals surface area contributed by atoms with Crippen LogP contribution >= 0.6 is 35.0 Å². The van der Waals surface area contributed by atoms with E-state index in [0.717, 1.165) is 9.79 Å². The predicted octanol–water partition coefficient (Wildman–Crippen LogP) is 5.73. The van der Waals surface area contributed by atoms with Gasteiger partial charge in [-0.05, 0) is 36.4 Å². The highest BCUT2D eigenvalue weighted by Crippen LogP contribution is 2.37. The van der Waals surface area contributed by atoms with Crippen molar-refractivity contribution in [3.8, 4) is 0 Å². The molecule has 5 heteroatoms. The molecule has 2 nitrogen and oxygen atoms in total. The topological polar surface area (TPSA) is 52.0 Å². The molecule has 0 aliphatic carbocycles. The number of hydrogen-bond donors (Lipinski definition) is 2. The van der Waals surface area contributed by atoms with Gasteiger partial charge in [0.1, 0.15) is 0 Å². The molecule has 2 rings (SSSR count). The molecule has 0 aromatic heterocycles. The van der Waals surface area contributed by atoms with E-state index in [0.29, 0.717) is 21.4 Å². The number of rotatable bonds is 2. The zero-order chi connectivity index (χ0) is 15.1. The molecule has 0 radical (unpaired) electrons. The smallest absolute Gasteiger partial charge is 0.0690 e. The fourth-order valence-electron chi connectivity index (χ4n) is 1.33. The van der Waals surface area contributed by atoms with Gasteiger partial charge in [-0.15, -0.1) is 0 Å². The van der Waals surface area contributed by atoms with Crippen molar-refractivity contribution in [2.24, 2.45) is 0 Å². The molecular weight excluding hydrogens is 311 g/mol. The highest BCUT2D eigenvalue weighted by Gasteiger charge is 2.07. The molecule has 2 aromatic rings. The number of halogens is 2. The van der Waals surface area contributed by atoms with E-state index in [2.05, 4.69) is 13.8 Å². The first-order valence-electron chi connectivity index (χ1n) is 6.25. The average Bonchev–Trinajstić information content (AvgIpc) is 2.39. The van der Waals surface area contributed by atoms with E-state index >= 15 is 0 Å². The molecule has 0 aliphatic heterocycles. The first kappa shape index (κ1) is 17.0. The van der Waals surface area contributed by atoms with Crippen LogP contribution in [-0.4, -0.2) is 0 Å². The monoisotopic (exact) mass is 328 g/mol. The maximum absolute atomic E-state index is 5.94. The summed E-state index contributed by atoms with van der Waals surface area (Å²) < 4.78 is 0. The lowest BCUT2D eigenvalue weighted by Gasteiger charge is -2.08. The van der Waals surface area contributed by atoms with Crippen molar-refractivity contribution in [2.75, 3.05) is 11.5 Å². The standard InChI is InChI=1S/C12H10Cl2N2S.C3H8/c13-7-1-3-9(4-2-7)17-11-6-8(14)5-10(15)12(11)16;1-3-2/h1-6H,15-16H2;3H2,1-2H3. The second kappa shape index (κ2) is 8.30. The third-order valence-electron chi connectivity index (χ3n) is 2.18. The van der Waals surface area contributed by atoms with E-state index in [1.54, 1.807) is 12.1 Å². The van der Waals surface area contributed by atoms with Gasteiger partial charge in [-0.1, -0.05) is 55.2 Å². The maximum Gasteiger partial charge on any atom is 0.0690 e. The van der Waals surface area contributed by atoms with Crippen LogP contribution in [0.5, 0.6) is 0 Å². The summed E-state index contributed by atoms with van der Waals surface area (Å²) in [5, 5.41) is 1.28. The van der Waals surface area contributed by atoms with Crippen LogP contribution in [0.2, 0.25) is 10.0 Å². The van der Waals surface area contributed by atoms with Crippen molar-refractivity contribution in [1.29, 1.82) is 0 Å². The fourth-order valence-corrected chi connectivity index (χ4v) is 2.68. The van der Waals surface area contributed by atoms with E-state index in [1.165, 1.54) is 18.2 Å². The number of hydrogen-bond acceptors (Lipinski definition) is 3. The van der Waals surface area contributed by atoms with E-state index < -0.39 is 0 Å². The number of nitrogens with two attached hydrogens (primary N) is 2. The van der Waals surface area contributed by atoms with Crippen molar-refractivity contribution >= 4 is 46.3 Å². The maximum atomic E-state index is 5.94. The number of nitrogen functional groups attached to an aromatic ring is 2. The van der Waals surface area contributed by atoms with Crippen molar-refractivity contribution in [1.82, 2.24) is 0 Å². The van der Waals surface area contributed by atoms with E-state index in [4.69, 9.17) is 34.7 Å². The Hall–Kier alpha value is -1.03. The van der Waals surface area contributed by atoms with Crippen LogP contribution in [0.3, 0.4) is 0 Å². The predicted molar refractivity (Wildman–Crippen MR) is 91.8 cm³/mol. The first-order chi connectivity index (χ1) is 9.47. The SMILES string of the molecule is CCC.Nc1cc(Cl)cc(Sc2ccc(Cl)cc2)c1N. The third-order valence-corrected chi connectivity index (χ3v) is 3.72. The van der Waals surface area contributed by atoms with Crippen LogP contribution in [0.15, 0.2) is 46.2 Å². The lowest BCUT2D eigenvalue weighted by Crippen LogP contribution is -1.96.